The van der Waals surface area contributed by atoms with Crippen molar-refractivity contribution in [1.82, 2.24) is 10.3 Å². The first-order valence-electron chi connectivity index (χ1n) is 13.4. The molecule has 3 aliphatic heterocycles. The third kappa shape index (κ3) is 3.66. The summed E-state index contributed by atoms with van der Waals surface area (Å²) in [7, 11) is 0. The molecule has 4 heterocycles. The molecule has 10 heteroatoms. The van der Waals surface area contributed by atoms with Gasteiger partial charge in [0.2, 0.25) is 23.6 Å². The minimum atomic E-state index is -1.47. The van der Waals surface area contributed by atoms with E-state index in [4.69, 9.17) is 11.6 Å². The van der Waals surface area contributed by atoms with Gasteiger partial charge in [0.25, 0.3) is 0 Å². The molecular weight excluding hydrogens is 542 g/mol. The first-order chi connectivity index (χ1) is 19.7. The maximum atomic E-state index is 14.3. The number of anilines is 3. The van der Waals surface area contributed by atoms with E-state index >= 15 is 0 Å². The topological polar surface area (TPSA) is 123 Å². The molecule has 0 bridgehead atoms. The number of rotatable bonds is 4. The van der Waals surface area contributed by atoms with Crippen molar-refractivity contribution in [2.45, 2.75) is 31.8 Å². The number of aryl methyl sites for hydroxylation is 1. The summed E-state index contributed by atoms with van der Waals surface area (Å²) in [5.74, 6) is -3.25. The van der Waals surface area contributed by atoms with Crippen LogP contribution >= 0.6 is 11.6 Å². The van der Waals surface area contributed by atoms with Gasteiger partial charge in [-0.25, -0.2) is 4.90 Å². The molecule has 0 unspecified atom stereocenters. The number of aromatic amines is 1. The molecule has 9 nitrogen and oxygen atoms in total. The Morgan fingerprint density at radius 3 is 2.56 bits per heavy atom. The van der Waals surface area contributed by atoms with E-state index < -0.39 is 35.2 Å². The molecule has 4 atom stereocenters. The van der Waals surface area contributed by atoms with Gasteiger partial charge in [0, 0.05) is 41.3 Å². The standard InChI is InChI=1S/C31H26ClN5O4/c1-15-11-21-27(22(32)12-15)35-30(41)31(21)26-25(24(36-31)13-17-14-33-23-6-4-3-5-20(17)23)28(39)37(29(26)40)19-9-7-18(8-10-19)34-16(2)38/h3-12,14,24-26,33,36H,13H2,1-2H3,(H,34,38)(H,35,41)/t24-,25+,26+,31-/m0/s1. The van der Waals surface area contributed by atoms with Crippen LogP contribution in [0.15, 0.2) is 66.9 Å². The molecule has 4 N–H and O–H groups in total. The van der Waals surface area contributed by atoms with Crippen LogP contribution in [0.2, 0.25) is 5.02 Å². The monoisotopic (exact) mass is 567 g/mol. The Labute approximate surface area is 240 Å². The molecule has 4 aromatic rings. The van der Waals surface area contributed by atoms with Crippen LogP contribution in [0.1, 0.15) is 23.6 Å². The van der Waals surface area contributed by atoms with E-state index in [1.807, 2.05) is 43.5 Å². The Morgan fingerprint density at radius 1 is 1.05 bits per heavy atom. The van der Waals surface area contributed by atoms with E-state index in [0.717, 1.165) is 22.0 Å². The molecule has 41 heavy (non-hydrogen) atoms. The number of nitrogens with zero attached hydrogens (tertiary/aromatic N) is 1. The van der Waals surface area contributed by atoms with Gasteiger partial charge < -0.3 is 15.6 Å². The van der Waals surface area contributed by atoms with Gasteiger partial charge in [-0.2, -0.15) is 0 Å². The Hall–Kier alpha value is -4.47. The number of amides is 4. The SMILES string of the molecule is CC(=O)Nc1ccc(N2C(=O)[C@@H]3[C@H](Cc4c[nH]c5ccccc45)N[C@]4(C(=O)Nc5c(Cl)cc(C)cc54)[C@H]3C2=O)cc1. The van der Waals surface area contributed by atoms with Crippen LogP contribution in [-0.4, -0.2) is 34.7 Å². The molecule has 0 radical (unpaired) electrons. The summed E-state index contributed by atoms with van der Waals surface area (Å²) in [6.07, 6.45) is 2.33. The molecule has 1 spiro atoms. The number of fused-ring (bicyclic) bond motifs is 5. The van der Waals surface area contributed by atoms with Gasteiger partial charge in [-0.05, 0) is 60.9 Å². The lowest BCUT2D eigenvalue weighted by molar-refractivity contribution is -0.130. The van der Waals surface area contributed by atoms with Crippen LogP contribution in [0.3, 0.4) is 0 Å². The van der Waals surface area contributed by atoms with E-state index in [0.29, 0.717) is 34.1 Å². The Morgan fingerprint density at radius 2 is 1.80 bits per heavy atom. The van der Waals surface area contributed by atoms with Crippen LogP contribution in [0.5, 0.6) is 0 Å². The summed E-state index contributed by atoms with van der Waals surface area (Å²) >= 11 is 6.56. The van der Waals surface area contributed by atoms with E-state index in [1.165, 1.54) is 11.8 Å². The Kier molecular flexibility index (Phi) is 5.61. The molecule has 7 rings (SSSR count). The predicted octanol–water partition coefficient (Wildman–Crippen LogP) is 4.26. The summed E-state index contributed by atoms with van der Waals surface area (Å²) in [4.78, 5) is 58.3. The molecule has 206 valence electrons. The number of hydrogen-bond acceptors (Lipinski definition) is 5. The van der Waals surface area contributed by atoms with E-state index in [2.05, 4.69) is 20.9 Å². The Balaban J connectivity index is 1.35. The maximum Gasteiger partial charge on any atom is 0.250 e. The van der Waals surface area contributed by atoms with E-state index in [1.54, 1.807) is 30.3 Å². The van der Waals surface area contributed by atoms with Gasteiger partial charge >= 0.3 is 0 Å². The number of H-pyrrole nitrogens is 1. The first-order valence-corrected chi connectivity index (χ1v) is 13.8. The normalized spacial score (nSPS) is 24.7. The third-order valence-electron chi connectivity index (χ3n) is 8.48. The van der Waals surface area contributed by atoms with Crippen LogP contribution in [0.4, 0.5) is 17.1 Å². The summed E-state index contributed by atoms with van der Waals surface area (Å²) in [5.41, 5.74) is 3.28. The van der Waals surface area contributed by atoms with Crippen molar-refractivity contribution < 1.29 is 19.2 Å². The van der Waals surface area contributed by atoms with Gasteiger partial charge in [-0.3, -0.25) is 24.5 Å². The van der Waals surface area contributed by atoms with Crippen LogP contribution in [-0.2, 0) is 31.1 Å². The van der Waals surface area contributed by atoms with Crippen LogP contribution in [0.25, 0.3) is 10.9 Å². The molecule has 0 saturated carbocycles. The maximum absolute atomic E-state index is 14.3. The van der Waals surface area contributed by atoms with Crippen molar-refractivity contribution in [2.75, 3.05) is 15.5 Å². The average Bonchev–Trinajstić information content (AvgIpc) is 3.64. The lowest BCUT2D eigenvalue weighted by Crippen LogP contribution is -2.53. The molecular formula is C31H26ClN5O4. The number of imide groups is 1. The second kappa shape index (κ2) is 9.02. The highest BCUT2D eigenvalue weighted by Gasteiger charge is 2.70. The number of carbonyl (C=O) groups is 4. The van der Waals surface area contributed by atoms with Gasteiger partial charge in [0.1, 0.15) is 5.54 Å². The zero-order valence-corrected chi connectivity index (χ0v) is 23.0. The molecule has 4 amide bonds. The number of nitrogens with one attached hydrogen (secondary N) is 4. The van der Waals surface area contributed by atoms with E-state index in [9.17, 15) is 19.2 Å². The van der Waals surface area contributed by atoms with Crippen LogP contribution < -0.4 is 20.9 Å². The third-order valence-corrected chi connectivity index (χ3v) is 8.78. The smallest absolute Gasteiger partial charge is 0.250 e. The van der Waals surface area contributed by atoms with Crippen molar-refractivity contribution in [1.29, 1.82) is 0 Å². The predicted molar refractivity (Wildman–Crippen MR) is 156 cm³/mol. The highest BCUT2D eigenvalue weighted by atomic mass is 35.5. The molecule has 3 aliphatic rings. The second-order valence-corrected chi connectivity index (χ2v) is 11.4. The molecule has 3 aromatic carbocycles. The number of carbonyl (C=O) groups excluding carboxylic acids is 4. The number of para-hydroxylation sites is 1. The summed E-state index contributed by atoms with van der Waals surface area (Å²) in [6, 6.07) is 17.5. The van der Waals surface area contributed by atoms with Crippen molar-refractivity contribution in [3.8, 4) is 0 Å². The summed E-state index contributed by atoms with van der Waals surface area (Å²) < 4.78 is 0. The molecule has 0 aliphatic carbocycles. The zero-order valence-electron chi connectivity index (χ0n) is 22.2. The number of hydrogen-bond donors (Lipinski definition) is 4. The summed E-state index contributed by atoms with van der Waals surface area (Å²) in [5, 5.41) is 10.5. The first kappa shape index (κ1) is 25.5. The molecule has 2 fully saturated rings. The lowest BCUT2D eigenvalue weighted by Gasteiger charge is -2.30. The fraction of sp³-hybridized carbons (Fsp3) is 0.226. The fourth-order valence-electron chi connectivity index (χ4n) is 6.86. The largest absolute Gasteiger partial charge is 0.361 e. The van der Waals surface area contributed by atoms with Gasteiger partial charge in [-0.15, -0.1) is 0 Å². The lowest BCUT2D eigenvalue weighted by atomic mass is 9.76. The van der Waals surface area contributed by atoms with Crippen molar-refractivity contribution in [3.63, 3.8) is 0 Å². The van der Waals surface area contributed by atoms with Gasteiger partial charge in [0.15, 0.2) is 0 Å². The average molecular weight is 568 g/mol. The second-order valence-electron chi connectivity index (χ2n) is 11.0. The van der Waals surface area contributed by atoms with E-state index in [-0.39, 0.29) is 11.8 Å². The Bertz CT molecular complexity index is 1800. The quantitative estimate of drug-likeness (QED) is 0.274. The molecule has 1 aromatic heterocycles. The van der Waals surface area contributed by atoms with Crippen molar-refractivity contribution in [3.05, 3.63) is 88.6 Å². The van der Waals surface area contributed by atoms with Gasteiger partial charge in [-0.1, -0.05) is 35.9 Å². The van der Waals surface area contributed by atoms with Crippen molar-refractivity contribution in [2.24, 2.45) is 11.8 Å². The van der Waals surface area contributed by atoms with Crippen molar-refractivity contribution >= 4 is 63.2 Å². The van der Waals surface area contributed by atoms with Gasteiger partial charge in [0.05, 0.1) is 28.2 Å². The number of aromatic nitrogens is 1. The highest BCUT2D eigenvalue weighted by Crippen LogP contribution is 2.55. The minimum Gasteiger partial charge on any atom is -0.361 e. The zero-order chi connectivity index (χ0) is 28.6. The minimum absolute atomic E-state index is 0.228. The highest BCUT2D eigenvalue weighted by molar-refractivity contribution is 6.35. The fourth-order valence-corrected chi connectivity index (χ4v) is 7.18. The number of halogens is 1. The summed E-state index contributed by atoms with van der Waals surface area (Å²) in [6.45, 7) is 3.28. The number of benzene rings is 3. The van der Waals surface area contributed by atoms with Crippen LogP contribution in [0, 0.1) is 18.8 Å². The molecule has 2 saturated heterocycles.